The first kappa shape index (κ1) is 18.9. The fraction of sp³-hybridized carbons (Fsp3) is 0.867. The van der Waals surface area contributed by atoms with Gasteiger partial charge in [0.2, 0.25) is 5.91 Å². The number of carbonyl (C=O) groups excluding carboxylic acids is 1. The van der Waals surface area contributed by atoms with Crippen LogP contribution in [0.15, 0.2) is 0 Å². The second-order valence-electron chi connectivity index (χ2n) is 6.31. The standard InChI is InChI=1S/C15H29NO4/c1-6-7-11(2)10-13(17)16-12(14(18)19)8-9-20-15(3,4)5/h11-12H,6-10H2,1-5H3,(H,16,17)(H,18,19). The molecule has 0 saturated carbocycles. The summed E-state index contributed by atoms with van der Waals surface area (Å²) in [6, 6.07) is -0.876. The molecule has 0 aromatic heterocycles. The van der Waals surface area contributed by atoms with E-state index in [0.29, 0.717) is 13.0 Å². The summed E-state index contributed by atoms with van der Waals surface area (Å²) in [5, 5.41) is 11.7. The SMILES string of the molecule is CCCC(C)CC(=O)NC(CCOC(C)(C)C)C(=O)O. The number of hydrogen-bond acceptors (Lipinski definition) is 3. The van der Waals surface area contributed by atoms with Gasteiger partial charge < -0.3 is 15.2 Å². The highest BCUT2D eigenvalue weighted by atomic mass is 16.5. The fourth-order valence-corrected chi connectivity index (χ4v) is 1.90. The maximum absolute atomic E-state index is 11.8. The van der Waals surface area contributed by atoms with E-state index in [-0.39, 0.29) is 23.8 Å². The van der Waals surface area contributed by atoms with Crippen LogP contribution in [0.5, 0.6) is 0 Å². The highest BCUT2D eigenvalue weighted by Gasteiger charge is 2.21. The van der Waals surface area contributed by atoms with E-state index >= 15 is 0 Å². The highest BCUT2D eigenvalue weighted by molar-refractivity contribution is 5.83. The summed E-state index contributed by atoms with van der Waals surface area (Å²) in [7, 11) is 0. The normalized spacial score (nSPS) is 14.7. The number of ether oxygens (including phenoxy) is 1. The molecule has 0 rings (SSSR count). The van der Waals surface area contributed by atoms with Gasteiger partial charge in [0.05, 0.1) is 5.60 Å². The van der Waals surface area contributed by atoms with E-state index in [2.05, 4.69) is 12.2 Å². The molecule has 0 aliphatic heterocycles. The Morgan fingerprint density at radius 3 is 2.30 bits per heavy atom. The van der Waals surface area contributed by atoms with Crippen molar-refractivity contribution in [1.82, 2.24) is 5.32 Å². The first-order chi connectivity index (χ1) is 9.15. The summed E-state index contributed by atoms with van der Waals surface area (Å²) in [5.41, 5.74) is -0.303. The monoisotopic (exact) mass is 287 g/mol. The third-order valence-corrected chi connectivity index (χ3v) is 2.89. The van der Waals surface area contributed by atoms with Crippen molar-refractivity contribution in [3.8, 4) is 0 Å². The number of carbonyl (C=O) groups is 2. The maximum Gasteiger partial charge on any atom is 0.326 e. The molecule has 0 heterocycles. The summed E-state index contributed by atoms with van der Waals surface area (Å²) in [5.74, 6) is -0.937. The van der Waals surface area contributed by atoms with E-state index < -0.39 is 12.0 Å². The number of nitrogens with one attached hydrogen (secondary N) is 1. The molecule has 5 heteroatoms. The molecule has 0 saturated heterocycles. The van der Waals surface area contributed by atoms with Crippen molar-refractivity contribution in [3.05, 3.63) is 0 Å². The number of amides is 1. The van der Waals surface area contributed by atoms with E-state index in [9.17, 15) is 9.59 Å². The van der Waals surface area contributed by atoms with Crippen LogP contribution in [0.2, 0.25) is 0 Å². The Labute approximate surface area is 122 Å². The van der Waals surface area contributed by atoms with Crippen LogP contribution < -0.4 is 5.32 Å². The molecule has 0 spiro atoms. The number of carboxylic acids is 1. The lowest BCUT2D eigenvalue weighted by Crippen LogP contribution is -2.42. The fourth-order valence-electron chi connectivity index (χ4n) is 1.90. The van der Waals surface area contributed by atoms with Crippen molar-refractivity contribution in [3.63, 3.8) is 0 Å². The van der Waals surface area contributed by atoms with Crippen LogP contribution in [0, 0.1) is 5.92 Å². The molecule has 0 aliphatic rings. The van der Waals surface area contributed by atoms with Crippen LogP contribution in [0.25, 0.3) is 0 Å². The van der Waals surface area contributed by atoms with Gasteiger partial charge in [0.1, 0.15) is 6.04 Å². The predicted octanol–water partition coefficient (Wildman–Crippen LogP) is 2.59. The van der Waals surface area contributed by atoms with Gasteiger partial charge >= 0.3 is 5.97 Å². The van der Waals surface area contributed by atoms with Gasteiger partial charge in [-0.3, -0.25) is 4.79 Å². The van der Waals surface area contributed by atoms with Gasteiger partial charge in [-0.1, -0.05) is 26.7 Å². The van der Waals surface area contributed by atoms with E-state index in [1.165, 1.54) is 0 Å². The maximum atomic E-state index is 11.8. The third kappa shape index (κ3) is 9.78. The van der Waals surface area contributed by atoms with Gasteiger partial charge in [-0.05, 0) is 26.7 Å². The minimum Gasteiger partial charge on any atom is -0.480 e. The van der Waals surface area contributed by atoms with E-state index in [4.69, 9.17) is 9.84 Å². The highest BCUT2D eigenvalue weighted by Crippen LogP contribution is 2.11. The number of hydrogen-bond donors (Lipinski definition) is 2. The zero-order valence-electron chi connectivity index (χ0n) is 13.4. The third-order valence-electron chi connectivity index (χ3n) is 2.89. The Bertz CT molecular complexity index is 309. The molecule has 118 valence electrons. The van der Waals surface area contributed by atoms with Crippen molar-refractivity contribution >= 4 is 11.9 Å². The summed E-state index contributed by atoms with van der Waals surface area (Å²) < 4.78 is 5.50. The Hall–Kier alpha value is -1.10. The first-order valence-corrected chi connectivity index (χ1v) is 7.31. The predicted molar refractivity (Wildman–Crippen MR) is 78.6 cm³/mol. The molecule has 2 unspecified atom stereocenters. The zero-order chi connectivity index (χ0) is 15.8. The van der Waals surface area contributed by atoms with Crippen molar-refractivity contribution in [1.29, 1.82) is 0 Å². The summed E-state index contributed by atoms with van der Waals surface area (Å²) in [6.45, 7) is 10.1. The van der Waals surface area contributed by atoms with Crippen molar-refractivity contribution in [2.24, 2.45) is 5.92 Å². The van der Waals surface area contributed by atoms with Crippen LogP contribution in [0.4, 0.5) is 0 Å². The van der Waals surface area contributed by atoms with E-state index in [1.54, 1.807) is 0 Å². The second kappa shape index (κ2) is 8.95. The summed E-state index contributed by atoms with van der Waals surface area (Å²) in [6.07, 6.45) is 2.65. The van der Waals surface area contributed by atoms with E-state index in [0.717, 1.165) is 12.8 Å². The van der Waals surface area contributed by atoms with E-state index in [1.807, 2.05) is 27.7 Å². The average molecular weight is 287 g/mol. The molecule has 2 N–H and O–H groups in total. The van der Waals surface area contributed by atoms with Gasteiger partial charge in [-0.2, -0.15) is 0 Å². The Morgan fingerprint density at radius 1 is 1.25 bits per heavy atom. The number of carboxylic acid groups (broad SMARTS) is 1. The largest absolute Gasteiger partial charge is 0.480 e. The number of aliphatic carboxylic acids is 1. The second-order valence-corrected chi connectivity index (χ2v) is 6.31. The molecular formula is C15H29NO4. The molecule has 20 heavy (non-hydrogen) atoms. The summed E-state index contributed by atoms with van der Waals surface area (Å²) in [4.78, 5) is 22.9. The van der Waals surface area contributed by atoms with Gasteiger partial charge in [0, 0.05) is 19.4 Å². The Balaban J connectivity index is 4.20. The van der Waals surface area contributed by atoms with Gasteiger partial charge in [0.15, 0.2) is 0 Å². The smallest absolute Gasteiger partial charge is 0.326 e. The lowest BCUT2D eigenvalue weighted by atomic mass is 10.0. The Morgan fingerprint density at radius 2 is 1.85 bits per heavy atom. The number of rotatable bonds is 9. The van der Waals surface area contributed by atoms with Crippen molar-refractivity contribution < 1.29 is 19.4 Å². The molecule has 0 aromatic rings. The lowest BCUT2D eigenvalue weighted by Gasteiger charge is -2.22. The van der Waals surface area contributed by atoms with Crippen molar-refractivity contribution in [2.75, 3.05) is 6.61 Å². The molecule has 0 aliphatic carbocycles. The summed E-state index contributed by atoms with van der Waals surface area (Å²) >= 11 is 0. The molecule has 0 bridgehead atoms. The minimum absolute atomic E-state index is 0.200. The van der Waals surface area contributed by atoms with Gasteiger partial charge in [-0.15, -0.1) is 0 Å². The minimum atomic E-state index is -1.01. The topological polar surface area (TPSA) is 75.6 Å². The zero-order valence-corrected chi connectivity index (χ0v) is 13.4. The molecule has 2 atom stereocenters. The Kier molecular flexibility index (Phi) is 8.46. The van der Waals surface area contributed by atoms with Crippen LogP contribution in [-0.2, 0) is 14.3 Å². The van der Waals surface area contributed by atoms with Crippen LogP contribution in [-0.4, -0.2) is 35.2 Å². The molecule has 0 fully saturated rings. The lowest BCUT2D eigenvalue weighted by molar-refractivity contribution is -0.143. The van der Waals surface area contributed by atoms with Crippen LogP contribution >= 0.6 is 0 Å². The van der Waals surface area contributed by atoms with Gasteiger partial charge in [-0.25, -0.2) is 4.79 Å². The van der Waals surface area contributed by atoms with Crippen LogP contribution in [0.1, 0.15) is 60.3 Å². The average Bonchev–Trinajstić information content (AvgIpc) is 2.25. The molecule has 0 aromatic carbocycles. The molecular weight excluding hydrogens is 258 g/mol. The van der Waals surface area contributed by atoms with Crippen LogP contribution in [0.3, 0.4) is 0 Å². The van der Waals surface area contributed by atoms with Crippen molar-refractivity contribution in [2.45, 2.75) is 71.9 Å². The quantitative estimate of drug-likeness (QED) is 0.683. The first-order valence-electron chi connectivity index (χ1n) is 7.31. The molecule has 1 amide bonds. The molecule has 0 radical (unpaired) electrons. The van der Waals surface area contributed by atoms with Gasteiger partial charge in [0.25, 0.3) is 0 Å². The molecule has 5 nitrogen and oxygen atoms in total.